The van der Waals surface area contributed by atoms with Gasteiger partial charge >= 0.3 is 0 Å². The number of hydrogen-bond acceptors (Lipinski definition) is 4. The number of nitrogens with zero attached hydrogens (tertiary/aromatic N) is 2. The van der Waals surface area contributed by atoms with Crippen LogP contribution in [0.3, 0.4) is 0 Å². The fourth-order valence-corrected chi connectivity index (χ4v) is 1.63. The van der Waals surface area contributed by atoms with Gasteiger partial charge in [0, 0.05) is 30.4 Å². The highest BCUT2D eigenvalue weighted by molar-refractivity contribution is 5.95. The molecule has 0 spiro atoms. The second-order valence-electron chi connectivity index (χ2n) is 3.79. The summed E-state index contributed by atoms with van der Waals surface area (Å²) in [6.45, 7) is 2.85. The average molecular weight is 247 g/mol. The Hall–Kier alpha value is -2.22. The van der Waals surface area contributed by atoms with Crippen LogP contribution in [0.25, 0.3) is 0 Å². The molecule has 96 valence electrons. The van der Waals surface area contributed by atoms with Gasteiger partial charge in [0.1, 0.15) is 5.75 Å². The van der Waals surface area contributed by atoms with Crippen molar-refractivity contribution in [1.82, 2.24) is 4.90 Å². The monoisotopic (exact) mass is 247 g/mol. The van der Waals surface area contributed by atoms with Crippen LogP contribution in [0.1, 0.15) is 23.7 Å². The molecule has 0 aromatic heterocycles. The van der Waals surface area contributed by atoms with Crippen molar-refractivity contribution in [3.05, 3.63) is 23.8 Å². The molecule has 18 heavy (non-hydrogen) atoms. The predicted octanol–water partition coefficient (Wildman–Crippen LogP) is 1.65. The molecule has 0 bridgehead atoms. The van der Waals surface area contributed by atoms with E-state index in [4.69, 9.17) is 15.7 Å². The molecule has 5 nitrogen and oxygen atoms in total. The number of nitrogens with two attached hydrogens (primary N) is 1. The van der Waals surface area contributed by atoms with E-state index in [1.165, 1.54) is 7.11 Å². The number of carbonyl (C=O) groups excluding carboxylic acids is 1. The zero-order chi connectivity index (χ0) is 13.5. The van der Waals surface area contributed by atoms with Crippen LogP contribution in [0.5, 0.6) is 5.75 Å². The molecule has 0 unspecified atom stereocenters. The predicted molar refractivity (Wildman–Crippen MR) is 69.2 cm³/mol. The van der Waals surface area contributed by atoms with E-state index in [0.29, 0.717) is 36.5 Å². The van der Waals surface area contributed by atoms with E-state index in [0.717, 1.165) is 0 Å². The Balaban J connectivity index is 2.94. The number of anilines is 1. The Morgan fingerprint density at radius 2 is 2.22 bits per heavy atom. The second kappa shape index (κ2) is 6.50. The lowest BCUT2D eigenvalue weighted by Crippen LogP contribution is -2.31. The van der Waals surface area contributed by atoms with Gasteiger partial charge in [-0.1, -0.05) is 0 Å². The Bertz CT molecular complexity index is 466. The van der Waals surface area contributed by atoms with Gasteiger partial charge < -0.3 is 15.4 Å². The van der Waals surface area contributed by atoms with Crippen LogP contribution >= 0.6 is 0 Å². The van der Waals surface area contributed by atoms with Gasteiger partial charge in [0.05, 0.1) is 19.6 Å². The molecule has 0 saturated heterocycles. The number of benzene rings is 1. The van der Waals surface area contributed by atoms with Crippen LogP contribution in [0.2, 0.25) is 0 Å². The molecule has 0 aliphatic heterocycles. The van der Waals surface area contributed by atoms with E-state index in [9.17, 15) is 4.79 Å². The minimum Gasteiger partial charge on any atom is -0.497 e. The average Bonchev–Trinajstić information content (AvgIpc) is 2.38. The first-order valence-corrected chi connectivity index (χ1v) is 5.73. The highest BCUT2D eigenvalue weighted by Crippen LogP contribution is 2.19. The number of rotatable bonds is 5. The molecular formula is C13H17N3O2. The van der Waals surface area contributed by atoms with Crippen LogP contribution < -0.4 is 10.5 Å². The van der Waals surface area contributed by atoms with Crippen molar-refractivity contribution >= 4 is 11.6 Å². The number of nitrogen functional groups attached to an aromatic ring is 1. The van der Waals surface area contributed by atoms with Crippen LogP contribution in [0.15, 0.2) is 18.2 Å². The molecule has 5 heteroatoms. The van der Waals surface area contributed by atoms with Gasteiger partial charge in [-0.2, -0.15) is 5.26 Å². The number of carbonyl (C=O) groups is 1. The topological polar surface area (TPSA) is 79.4 Å². The summed E-state index contributed by atoms with van der Waals surface area (Å²) >= 11 is 0. The smallest absolute Gasteiger partial charge is 0.254 e. The summed E-state index contributed by atoms with van der Waals surface area (Å²) in [7, 11) is 1.52. The van der Waals surface area contributed by atoms with E-state index in [-0.39, 0.29) is 5.91 Å². The van der Waals surface area contributed by atoms with Crippen molar-refractivity contribution in [2.75, 3.05) is 25.9 Å². The highest BCUT2D eigenvalue weighted by Gasteiger charge is 2.15. The normalized spacial score (nSPS) is 9.61. The summed E-state index contributed by atoms with van der Waals surface area (Å²) in [5.74, 6) is 0.410. The molecule has 0 saturated carbocycles. The first-order chi connectivity index (χ1) is 8.62. The maximum atomic E-state index is 12.2. The highest BCUT2D eigenvalue weighted by atomic mass is 16.5. The summed E-state index contributed by atoms with van der Waals surface area (Å²) in [5.41, 5.74) is 6.67. The third-order valence-corrected chi connectivity index (χ3v) is 2.57. The Kier molecular flexibility index (Phi) is 5.00. The van der Waals surface area contributed by atoms with E-state index in [1.54, 1.807) is 23.1 Å². The minimum atomic E-state index is -0.140. The van der Waals surface area contributed by atoms with Crippen molar-refractivity contribution in [2.45, 2.75) is 13.3 Å². The fraction of sp³-hybridized carbons (Fsp3) is 0.385. The molecule has 2 N–H and O–H groups in total. The summed E-state index contributed by atoms with van der Waals surface area (Å²) in [4.78, 5) is 13.8. The van der Waals surface area contributed by atoms with Crippen LogP contribution in [0.4, 0.5) is 5.69 Å². The lowest BCUT2D eigenvalue weighted by atomic mass is 10.1. The lowest BCUT2D eigenvalue weighted by molar-refractivity contribution is 0.0767. The second-order valence-corrected chi connectivity index (χ2v) is 3.79. The molecule has 0 atom stereocenters. The molecule has 0 radical (unpaired) electrons. The quantitative estimate of drug-likeness (QED) is 0.802. The SMILES string of the molecule is CCN(CCC#N)C(=O)c1cc(N)cc(OC)c1. The van der Waals surface area contributed by atoms with Crippen molar-refractivity contribution in [3.8, 4) is 11.8 Å². The molecule has 0 aliphatic carbocycles. The maximum Gasteiger partial charge on any atom is 0.254 e. The first-order valence-electron chi connectivity index (χ1n) is 5.73. The van der Waals surface area contributed by atoms with Crippen molar-refractivity contribution in [1.29, 1.82) is 5.26 Å². The summed E-state index contributed by atoms with van der Waals surface area (Å²) in [6.07, 6.45) is 0.318. The van der Waals surface area contributed by atoms with Gasteiger partial charge in [-0.3, -0.25) is 4.79 Å². The number of hydrogen-bond donors (Lipinski definition) is 1. The third kappa shape index (κ3) is 3.39. The van der Waals surface area contributed by atoms with Gasteiger partial charge in [-0.05, 0) is 19.1 Å². The lowest BCUT2D eigenvalue weighted by Gasteiger charge is -2.20. The number of nitriles is 1. The molecule has 1 aromatic carbocycles. The molecule has 1 aromatic rings. The van der Waals surface area contributed by atoms with E-state index in [1.807, 2.05) is 13.0 Å². The molecular weight excluding hydrogens is 230 g/mol. The number of amides is 1. The maximum absolute atomic E-state index is 12.2. The van der Waals surface area contributed by atoms with Crippen molar-refractivity contribution in [3.63, 3.8) is 0 Å². The Morgan fingerprint density at radius 3 is 2.78 bits per heavy atom. The molecule has 1 rings (SSSR count). The summed E-state index contributed by atoms with van der Waals surface area (Å²) < 4.78 is 5.08. The summed E-state index contributed by atoms with van der Waals surface area (Å²) in [5, 5.41) is 8.56. The number of ether oxygens (including phenoxy) is 1. The van der Waals surface area contributed by atoms with E-state index in [2.05, 4.69) is 0 Å². The van der Waals surface area contributed by atoms with Gasteiger partial charge in [0.15, 0.2) is 0 Å². The zero-order valence-corrected chi connectivity index (χ0v) is 10.6. The van der Waals surface area contributed by atoms with Gasteiger partial charge in [0.2, 0.25) is 0 Å². The fourth-order valence-electron chi connectivity index (χ4n) is 1.63. The van der Waals surface area contributed by atoms with Crippen molar-refractivity contribution < 1.29 is 9.53 Å². The standard InChI is InChI=1S/C13H17N3O2/c1-3-16(6-4-5-14)13(17)10-7-11(15)9-12(8-10)18-2/h7-9H,3-4,6,15H2,1-2H3. The van der Waals surface area contributed by atoms with E-state index >= 15 is 0 Å². The van der Waals surface area contributed by atoms with Crippen LogP contribution in [-0.4, -0.2) is 31.0 Å². The molecule has 0 fully saturated rings. The van der Waals surface area contributed by atoms with E-state index < -0.39 is 0 Å². The minimum absolute atomic E-state index is 0.140. The first kappa shape index (κ1) is 13.8. The Labute approximate surface area is 107 Å². The zero-order valence-electron chi connectivity index (χ0n) is 10.6. The molecule has 0 aliphatic rings. The van der Waals surface area contributed by atoms with Crippen molar-refractivity contribution in [2.24, 2.45) is 0 Å². The van der Waals surface area contributed by atoms with Gasteiger partial charge in [-0.15, -0.1) is 0 Å². The Morgan fingerprint density at radius 1 is 1.50 bits per heavy atom. The van der Waals surface area contributed by atoms with Gasteiger partial charge in [-0.25, -0.2) is 0 Å². The summed E-state index contributed by atoms with van der Waals surface area (Å²) in [6, 6.07) is 6.94. The largest absolute Gasteiger partial charge is 0.497 e. The molecule has 1 amide bonds. The van der Waals surface area contributed by atoms with Gasteiger partial charge in [0.25, 0.3) is 5.91 Å². The van der Waals surface area contributed by atoms with Crippen LogP contribution in [-0.2, 0) is 0 Å². The van der Waals surface area contributed by atoms with Crippen LogP contribution in [0, 0.1) is 11.3 Å². The third-order valence-electron chi connectivity index (χ3n) is 2.57. The molecule has 0 heterocycles. The number of methoxy groups -OCH3 is 1.